The molecule has 0 fully saturated rings. The number of rotatable bonds is 19. The van der Waals surface area contributed by atoms with Crippen molar-refractivity contribution in [2.45, 2.75) is 137 Å². The lowest BCUT2D eigenvalue weighted by atomic mass is 9.79. The van der Waals surface area contributed by atoms with E-state index in [1.54, 1.807) is 0 Å². The van der Waals surface area contributed by atoms with E-state index >= 15 is 0 Å². The summed E-state index contributed by atoms with van der Waals surface area (Å²) < 4.78 is 0. The van der Waals surface area contributed by atoms with E-state index in [1.807, 2.05) is 0 Å². The normalized spacial score (nSPS) is 15.0. The van der Waals surface area contributed by atoms with Crippen LogP contribution in [-0.2, 0) is 0 Å². The van der Waals surface area contributed by atoms with Crippen LogP contribution >= 0.6 is 0 Å². The average molecular weight is 365 g/mol. The third-order valence-electron chi connectivity index (χ3n) is 6.26. The molecule has 0 aliphatic heterocycles. The molecule has 26 heavy (non-hydrogen) atoms. The van der Waals surface area contributed by atoms with Crippen molar-refractivity contribution in [2.75, 3.05) is 0 Å². The van der Waals surface area contributed by atoms with Gasteiger partial charge in [0.15, 0.2) is 0 Å². The molecule has 0 N–H and O–H groups in total. The first-order valence-electron chi connectivity index (χ1n) is 12.2. The van der Waals surface area contributed by atoms with Crippen LogP contribution in [0.2, 0.25) is 0 Å². The first kappa shape index (κ1) is 25.7. The number of hydrogen-bond donors (Lipinski definition) is 0. The molecule has 3 atom stereocenters. The van der Waals surface area contributed by atoms with E-state index in [9.17, 15) is 0 Å². The standard InChI is InChI=1S/C26H52/c1-7-9-11-13-14-15-16-17-18-20-24(5)22-25(6)26(23(3)4)21-19-12-10-8-2/h24-26H,3,7-22H2,1-2,4-6H3. The first-order valence-corrected chi connectivity index (χ1v) is 12.2. The Balaban J connectivity index is 3.80. The highest BCUT2D eigenvalue weighted by molar-refractivity contribution is 4.98. The molecule has 0 amide bonds. The molecule has 3 unspecified atom stereocenters. The quantitative estimate of drug-likeness (QED) is 0.158. The summed E-state index contributed by atoms with van der Waals surface area (Å²) in [5.41, 5.74) is 1.42. The Kier molecular flexibility index (Phi) is 17.9. The van der Waals surface area contributed by atoms with E-state index in [2.05, 4.69) is 41.2 Å². The fourth-order valence-electron chi connectivity index (χ4n) is 4.53. The van der Waals surface area contributed by atoms with Crippen LogP contribution < -0.4 is 0 Å². The Bertz CT molecular complexity index is 303. The molecule has 0 nitrogen and oxygen atoms in total. The number of unbranched alkanes of at least 4 members (excludes halogenated alkanes) is 11. The van der Waals surface area contributed by atoms with Gasteiger partial charge in [-0.25, -0.2) is 0 Å². The molecule has 0 aromatic heterocycles. The zero-order chi connectivity index (χ0) is 19.6. The van der Waals surface area contributed by atoms with Crippen molar-refractivity contribution in [1.82, 2.24) is 0 Å². The summed E-state index contributed by atoms with van der Waals surface area (Å²) in [5.74, 6) is 2.44. The summed E-state index contributed by atoms with van der Waals surface area (Å²) in [6.45, 7) is 16.1. The van der Waals surface area contributed by atoms with Gasteiger partial charge in [-0.2, -0.15) is 0 Å². The van der Waals surface area contributed by atoms with Gasteiger partial charge in [0.2, 0.25) is 0 Å². The van der Waals surface area contributed by atoms with Crippen LogP contribution in [0.1, 0.15) is 137 Å². The van der Waals surface area contributed by atoms with Crippen molar-refractivity contribution in [3.63, 3.8) is 0 Å². The van der Waals surface area contributed by atoms with E-state index in [4.69, 9.17) is 0 Å². The van der Waals surface area contributed by atoms with Crippen molar-refractivity contribution >= 4 is 0 Å². The molecule has 0 aromatic carbocycles. The molecule has 0 bridgehead atoms. The SMILES string of the molecule is C=C(C)C(CCCCCC)C(C)CC(C)CCCCCCCCCCC. The Morgan fingerprint density at radius 3 is 1.58 bits per heavy atom. The maximum Gasteiger partial charge on any atom is -0.0183 e. The van der Waals surface area contributed by atoms with Gasteiger partial charge in [0.05, 0.1) is 0 Å². The lowest BCUT2D eigenvalue weighted by Crippen LogP contribution is -2.16. The summed E-state index contributed by atoms with van der Waals surface area (Å²) in [7, 11) is 0. The highest BCUT2D eigenvalue weighted by Gasteiger charge is 2.19. The third-order valence-corrected chi connectivity index (χ3v) is 6.26. The fraction of sp³-hybridized carbons (Fsp3) is 0.923. The van der Waals surface area contributed by atoms with E-state index in [0.29, 0.717) is 0 Å². The summed E-state index contributed by atoms with van der Waals surface area (Å²) in [6.07, 6.45) is 22.7. The second-order valence-corrected chi connectivity index (χ2v) is 9.24. The molecule has 0 aliphatic carbocycles. The van der Waals surface area contributed by atoms with Crippen molar-refractivity contribution in [1.29, 1.82) is 0 Å². The van der Waals surface area contributed by atoms with Crippen molar-refractivity contribution in [3.05, 3.63) is 12.2 Å². The summed E-state index contributed by atoms with van der Waals surface area (Å²) in [6, 6.07) is 0. The monoisotopic (exact) mass is 364 g/mol. The van der Waals surface area contributed by atoms with Gasteiger partial charge < -0.3 is 0 Å². The Hall–Kier alpha value is -0.260. The largest absolute Gasteiger partial charge is 0.0999 e. The lowest BCUT2D eigenvalue weighted by Gasteiger charge is -2.27. The van der Waals surface area contributed by atoms with Crippen LogP contribution in [0, 0.1) is 17.8 Å². The summed E-state index contributed by atoms with van der Waals surface area (Å²) in [4.78, 5) is 0. The highest BCUT2D eigenvalue weighted by atomic mass is 14.2. The molecule has 0 rings (SSSR count). The average Bonchev–Trinajstić information content (AvgIpc) is 2.59. The zero-order valence-electron chi connectivity index (χ0n) is 19.3. The van der Waals surface area contributed by atoms with Gasteiger partial charge in [-0.1, -0.05) is 130 Å². The predicted molar refractivity (Wildman–Crippen MR) is 122 cm³/mol. The second-order valence-electron chi connectivity index (χ2n) is 9.24. The van der Waals surface area contributed by atoms with E-state index in [1.165, 1.54) is 108 Å². The molecule has 156 valence electrons. The molecule has 0 saturated heterocycles. The minimum atomic E-state index is 0.748. The number of allylic oxidation sites excluding steroid dienone is 1. The molecule has 0 aliphatic rings. The molecule has 0 saturated carbocycles. The maximum absolute atomic E-state index is 4.31. The molecule has 0 aromatic rings. The van der Waals surface area contributed by atoms with Crippen molar-refractivity contribution < 1.29 is 0 Å². The Labute approximate surface area is 167 Å². The van der Waals surface area contributed by atoms with Gasteiger partial charge in [0.25, 0.3) is 0 Å². The lowest BCUT2D eigenvalue weighted by molar-refractivity contribution is 0.295. The van der Waals surface area contributed by atoms with Gasteiger partial charge in [0, 0.05) is 0 Å². The van der Waals surface area contributed by atoms with Crippen molar-refractivity contribution in [2.24, 2.45) is 17.8 Å². The molecule has 0 heteroatoms. The van der Waals surface area contributed by atoms with Gasteiger partial charge in [-0.3, -0.25) is 0 Å². The fourth-order valence-corrected chi connectivity index (χ4v) is 4.53. The Morgan fingerprint density at radius 1 is 0.654 bits per heavy atom. The van der Waals surface area contributed by atoms with E-state index in [-0.39, 0.29) is 0 Å². The van der Waals surface area contributed by atoms with Crippen LogP contribution in [0.15, 0.2) is 12.2 Å². The smallest absolute Gasteiger partial charge is 0.0183 e. The minimum absolute atomic E-state index is 0.748. The maximum atomic E-state index is 4.31. The molecular weight excluding hydrogens is 312 g/mol. The summed E-state index contributed by atoms with van der Waals surface area (Å²) in [5, 5.41) is 0. The van der Waals surface area contributed by atoms with Crippen LogP contribution in [-0.4, -0.2) is 0 Å². The topological polar surface area (TPSA) is 0 Å². The molecule has 0 heterocycles. The second kappa shape index (κ2) is 18.1. The third kappa shape index (κ3) is 14.9. The molecular formula is C26H52. The Morgan fingerprint density at radius 2 is 1.08 bits per heavy atom. The predicted octanol–water partition coefficient (Wildman–Crippen LogP) is 9.73. The van der Waals surface area contributed by atoms with Crippen LogP contribution in [0.5, 0.6) is 0 Å². The van der Waals surface area contributed by atoms with E-state index in [0.717, 1.165) is 17.8 Å². The highest BCUT2D eigenvalue weighted by Crippen LogP contribution is 2.31. The van der Waals surface area contributed by atoms with E-state index < -0.39 is 0 Å². The minimum Gasteiger partial charge on any atom is -0.0999 e. The number of hydrogen-bond acceptors (Lipinski definition) is 0. The van der Waals surface area contributed by atoms with Crippen LogP contribution in [0.4, 0.5) is 0 Å². The van der Waals surface area contributed by atoms with Crippen molar-refractivity contribution in [3.8, 4) is 0 Å². The molecule has 0 spiro atoms. The van der Waals surface area contributed by atoms with Crippen LogP contribution in [0.3, 0.4) is 0 Å². The van der Waals surface area contributed by atoms with Gasteiger partial charge in [-0.05, 0) is 37.5 Å². The first-order chi connectivity index (χ1) is 12.5. The van der Waals surface area contributed by atoms with Gasteiger partial charge in [0.1, 0.15) is 0 Å². The molecule has 0 radical (unpaired) electrons. The zero-order valence-corrected chi connectivity index (χ0v) is 19.3. The van der Waals surface area contributed by atoms with Gasteiger partial charge in [-0.15, -0.1) is 0 Å². The van der Waals surface area contributed by atoms with Crippen LogP contribution in [0.25, 0.3) is 0 Å². The summed E-state index contributed by atoms with van der Waals surface area (Å²) >= 11 is 0. The van der Waals surface area contributed by atoms with Gasteiger partial charge >= 0.3 is 0 Å².